The molecule has 5 nitrogen and oxygen atoms in total. The quantitative estimate of drug-likeness (QED) is 0.889. The molecule has 0 spiro atoms. The number of halogens is 1. The second kappa shape index (κ2) is 7.56. The summed E-state index contributed by atoms with van der Waals surface area (Å²) in [5, 5.41) is 5.83. The van der Waals surface area contributed by atoms with Crippen molar-refractivity contribution in [3.8, 4) is 0 Å². The van der Waals surface area contributed by atoms with Crippen molar-refractivity contribution >= 4 is 23.4 Å². The molecule has 2 N–H and O–H groups in total. The summed E-state index contributed by atoms with van der Waals surface area (Å²) < 4.78 is 0. The number of pyridine rings is 1. The molecule has 0 aliphatic carbocycles. The van der Waals surface area contributed by atoms with Gasteiger partial charge in [0.05, 0.1) is 12.6 Å². The van der Waals surface area contributed by atoms with Gasteiger partial charge in [0.25, 0.3) is 5.91 Å². The SMILES string of the molecule is CC(NC(=O)CNC(=O)c1cccc(Cl)c1)c1cccnc1. The number of hydrogen-bond acceptors (Lipinski definition) is 3. The highest BCUT2D eigenvalue weighted by Gasteiger charge is 2.11. The van der Waals surface area contributed by atoms with Crippen molar-refractivity contribution in [2.45, 2.75) is 13.0 Å². The van der Waals surface area contributed by atoms with E-state index in [1.165, 1.54) is 0 Å². The van der Waals surface area contributed by atoms with Gasteiger partial charge in [0.15, 0.2) is 0 Å². The molecule has 0 fully saturated rings. The average Bonchev–Trinajstić information content (AvgIpc) is 2.53. The van der Waals surface area contributed by atoms with E-state index in [2.05, 4.69) is 15.6 Å². The number of nitrogens with one attached hydrogen (secondary N) is 2. The van der Waals surface area contributed by atoms with Crippen LogP contribution in [0.15, 0.2) is 48.8 Å². The summed E-state index contributed by atoms with van der Waals surface area (Å²) in [6.07, 6.45) is 3.36. The lowest BCUT2D eigenvalue weighted by atomic mass is 10.1. The van der Waals surface area contributed by atoms with Crippen molar-refractivity contribution < 1.29 is 9.59 Å². The molecular weight excluding hydrogens is 302 g/mol. The van der Waals surface area contributed by atoms with E-state index in [-0.39, 0.29) is 24.4 Å². The van der Waals surface area contributed by atoms with Gasteiger partial charge in [-0.05, 0) is 36.8 Å². The second-order valence-corrected chi connectivity index (χ2v) is 5.21. The summed E-state index contributed by atoms with van der Waals surface area (Å²) >= 11 is 5.82. The number of benzene rings is 1. The normalized spacial score (nSPS) is 11.5. The van der Waals surface area contributed by atoms with Gasteiger partial charge in [-0.1, -0.05) is 23.7 Å². The third-order valence-corrected chi connectivity index (χ3v) is 3.29. The minimum atomic E-state index is -0.341. The van der Waals surface area contributed by atoms with E-state index in [0.717, 1.165) is 5.56 Å². The summed E-state index contributed by atoms with van der Waals surface area (Å²) in [7, 11) is 0. The molecule has 1 aromatic heterocycles. The predicted molar refractivity (Wildman–Crippen MR) is 84.6 cm³/mol. The fraction of sp³-hybridized carbons (Fsp3) is 0.188. The Morgan fingerprint density at radius 1 is 1.27 bits per heavy atom. The third kappa shape index (κ3) is 4.56. The standard InChI is InChI=1S/C16H16ClN3O2/c1-11(13-5-3-7-18-9-13)20-15(21)10-19-16(22)12-4-2-6-14(17)8-12/h2-9,11H,10H2,1H3,(H,19,22)(H,20,21). The summed E-state index contributed by atoms with van der Waals surface area (Å²) in [5.74, 6) is -0.613. The Kier molecular flexibility index (Phi) is 5.49. The first-order valence-corrected chi connectivity index (χ1v) is 7.17. The molecule has 0 aliphatic rings. The highest BCUT2D eigenvalue weighted by Crippen LogP contribution is 2.11. The van der Waals surface area contributed by atoms with Crippen LogP contribution in [0.3, 0.4) is 0 Å². The number of hydrogen-bond donors (Lipinski definition) is 2. The van der Waals surface area contributed by atoms with Gasteiger partial charge in [0, 0.05) is 23.0 Å². The van der Waals surface area contributed by atoms with E-state index in [4.69, 9.17) is 11.6 Å². The zero-order chi connectivity index (χ0) is 15.9. The number of nitrogens with zero attached hydrogens (tertiary/aromatic N) is 1. The van der Waals surface area contributed by atoms with E-state index in [0.29, 0.717) is 10.6 Å². The van der Waals surface area contributed by atoms with Gasteiger partial charge in [-0.3, -0.25) is 14.6 Å². The van der Waals surface area contributed by atoms with Crippen LogP contribution in [0.5, 0.6) is 0 Å². The molecule has 1 unspecified atom stereocenters. The van der Waals surface area contributed by atoms with Crippen molar-refractivity contribution in [3.63, 3.8) is 0 Å². The average molecular weight is 318 g/mol. The second-order valence-electron chi connectivity index (χ2n) is 4.77. The molecule has 0 saturated carbocycles. The van der Waals surface area contributed by atoms with E-state index < -0.39 is 0 Å². The van der Waals surface area contributed by atoms with Crippen molar-refractivity contribution in [2.75, 3.05) is 6.54 Å². The first-order chi connectivity index (χ1) is 10.6. The number of aromatic nitrogens is 1. The minimum absolute atomic E-state index is 0.101. The zero-order valence-electron chi connectivity index (χ0n) is 12.0. The van der Waals surface area contributed by atoms with E-state index in [9.17, 15) is 9.59 Å². The third-order valence-electron chi connectivity index (χ3n) is 3.06. The van der Waals surface area contributed by atoms with Gasteiger partial charge in [0.2, 0.25) is 5.91 Å². The van der Waals surface area contributed by atoms with Gasteiger partial charge in [-0.25, -0.2) is 0 Å². The highest BCUT2D eigenvalue weighted by atomic mass is 35.5. The maximum atomic E-state index is 11.9. The van der Waals surface area contributed by atoms with Gasteiger partial charge in [0.1, 0.15) is 0 Å². The molecule has 1 aromatic carbocycles. The lowest BCUT2D eigenvalue weighted by molar-refractivity contribution is -0.120. The molecule has 6 heteroatoms. The van der Waals surface area contributed by atoms with Gasteiger partial charge < -0.3 is 10.6 Å². The lowest BCUT2D eigenvalue weighted by Crippen LogP contribution is -2.38. The largest absolute Gasteiger partial charge is 0.348 e. The molecule has 1 heterocycles. The van der Waals surface area contributed by atoms with Gasteiger partial charge in [-0.15, -0.1) is 0 Å². The molecule has 2 rings (SSSR count). The summed E-state index contributed by atoms with van der Waals surface area (Å²) in [6.45, 7) is 1.75. The highest BCUT2D eigenvalue weighted by molar-refractivity contribution is 6.30. The Morgan fingerprint density at radius 3 is 2.77 bits per heavy atom. The fourth-order valence-corrected chi connectivity index (χ4v) is 2.09. The molecular formula is C16H16ClN3O2. The molecule has 114 valence electrons. The molecule has 1 atom stereocenters. The smallest absolute Gasteiger partial charge is 0.251 e. The van der Waals surface area contributed by atoms with E-state index in [1.54, 1.807) is 42.7 Å². The van der Waals surface area contributed by atoms with Gasteiger partial charge in [-0.2, -0.15) is 0 Å². The Hall–Kier alpha value is -2.40. The monoisotopic (exact) mass is 317 g/mol. The molecule has 2 aromatic rings. The molecule has 22 heavy (non-hydrogen) atoms. The van der Waals surface area contributed by atoms with Crippen LogP contribution in [0.4, 0.5) is 0 Å². The summed E-state index contributed by atoms with van der Waals surface area (Å²) in [5.41, 5.74) is 1.32. The molecule has 0 aliphatic heterocycles. The van der Waals surface area contributed by atoms with Crippen molar-refractivity contribution in [1.29, 1.82) is 0 Å². The Labute approximate surface area is 133 Å². The van der Waals surface area contributed by atoms with Crippen LogP contribution in [0.25, 0.3) is 0 Å². The van der Waals surface area contributed by atoms with Crippen LogP contribution in [0.1, 0.15) is 28.9 Å². The number of carbonyl (C=O) groups excluding carboxylic acids is 2. The first kappa shape index (κ1) is 16.0. The van der Waals surface area contributed by atoms with Crippen LogP contribution < -0.4 is 10.6 Å². The predicted octanol–water partition coefficient (Wildman–Crippen LogP) is 2.34. The fourth-order valence-electron chi connectivity index (χ4n) is 1.90. The maximum absolute atomic E-state index is 11.9. The maximum Gasteiger partial charge on any atom is 0.251 e. The van der Waals surface area contributed by atoms with Crippen LogP contribution in [-0.4, -0.2) is 23.3 Å². The Morgan fingerprint density at radius 2 is 2.09 bits per heavy atom. The van der Waals surface area contributed by atoms with Crippen LogP contribution in [0, 0.1) is 0 Å². The minimum Gasteiger partial charge on any atom is -0.348 e. The lowest BCUT2D eigenvalue weighted by Gasteiger charge is -2.14. The van der Waals surface area contributed by atoms with Crippen molar-refractivity contribution in [3.05, 3.63) is 64.9 Å². The topological polar surface area (TPSA) is 71.1 Å². The van der Waals surface area contributed by atoms with Crippen LogP contribution >= 0.6 is 11.6 Å². The number of amides is 2. The Balaban J connectivity index is 1.84. The first-order valence-electron chi connectivity index (χ1n) is 6.79. The van der Waals surface area contributed by atoms with Crippen molar-refractivity contribution in [1.82, 2.24) is 15.6 Å². The number of carbonyl (C=O) groups is 2. The summed E-state index contributed by atoms with van der Waals surface area (Å²) in [6, 6.07) is 10.1. The molecule has 0 radical (unpaired) electrons. The van der Waals surface area contributed by atoms with Crippen molar-refractivity contribution in [2.24, 2.45) is 0 Å². The van der Waals surface area contributed by atoms with Crippen LogP contribution in [-0.2, 0) is 4.79 Å². The van der Waals surface area contributed by atoms with E-state index in [1.807, 2.05) is 13.0 Å². The van der Waals surface area contributed by atoms with E-state index >= 15 is 0 Å². The molecule has 0 bridgehead atoms. The van der Waals surface area contributed by atoms with Crippen LogP contribution in [0.2, 0.25) is 5.02 Å². The molecule has 0 saturated heterocycles. The summed E-state index contributed by atoms with van der Waals surface area (Å²) in [4.78, 5) is 27.8. The molecule has 2 amide bonds. The number of rotatable bonds is 5. The van der Waals surface area contributed by atoms with Gasteiger partial charge >= 0.3 is 0 Å². The zero-order valence-corrected chi connectivity index (χ0v) is 12.8. The Bertz CT molecular complexity index is 661.